The van der Waals surface area contributed by atoms with Crippen LogP contribution in [0.15, 0.2) is 18.2 Å². The van der Waals surface area contributed by atoms with E-state index in [9.17, 15) is 4.79 Å². The Kier molecular flexibility index (Phi) is 7.62. The molecule has 0 saturated carbocycles. The Morgan fingerprint density at radius 1 is 1.20 bits per heavy atom. The van der Waals surface area contributed by atoms with Crippen molar-refractivity contribution in [3.8, 4) is 0 Å². The van der Waals surface area contributed by atoms with Crippen molar-refractivity contribution in [1.82, 2.24) is 19.4 Å². The number of rotatable bonds is 8. The number of amides is 1. The molecular weight excluding hydrogens is 379 g/mol. The number of hydrogen-bond acceptors (Lipinski definition) is 5. The molecule has 0 spiro atoms. The van der Waals surface area contributed by atoms with Gasteiger partial charge in [-0.15, -0.1) is 5.10 Å². The lowest BCUT2D eigenvalue weighted by Crippen LogP contribution is -2.33. The fourth-order valence-corrected chi connectivity index (χ4v) is 3.47. The molecule has 0 aliphatic carbocycles. The second-order valence-electron chi connectivity index (χ2n) is 6.03. The minimum absolute atomic E-state index is 0.0309. The predicted octanol–water partition coefficient (Wildman–Crippen LogP) is 4.00. The maximum atomic E-state index is 13.0. The van der Waals surface area contributed by atoms with E-state index in [0.717, 1.165) is 35.8 Å². The van der Waals surface area contributed by atoms with Crippen molar-refractivity contribution in [2.24, 2.45) is 0 Å². The summed E-state index contributed by atoms with van der Waals surface area (Å²) in [6, 6.07) is 5.46. The van der Waals surface area contributed by atoms with Gasteiger partial charge in [-0.2, -0.15) is 0 Å². The summed E-state index contributed by atoms with van der Waals surface area (Å²) in [5.74, 6) is -0.0309. The molecule has 0 unspecified atom stereocenters. The third-order valence-corrected chi connectivity index (χ3v) is 5.26. The lowest BCUT2D eigenvalue weighted by Gasteiger charge is -2.23. The quantitative estimate of drug-likeness (QED) is 0.671. The number of aromatic nitrogens is 2. The average molecular weight is 401 g/mol. The molecule has 2 rings (SSSR count). The van der Waals surface area contributed by atoms with E-state index < -0.39 is 0 Å². The standard InChI is InChI=1S/C17H22Cl2N4OS/c1-4-15-16(25-21-20-15)17(24)23(9-5-8-22(2)3)11-12-6-7-13(18)14(19)10-12/h6-7,10H,4-5,8-9,11H2,1-3H3. The van der Waals surface area contributed by atoms with E-state index in [-0.39, 0.29) is 5.91 Å². The van der Waals surface area contributed by atoms with Gasteiger partial charge in [-0.25, -0.2) is 0 Å². The van der Waals surface area contributed by atoms with Gasteiger partial charge >= 0.3 is 0 Å². The van der Waals surface area contributed by atoms with Crippen LogP contribution in [0.4, 0.5) is 0 Å². The molecule has 8 heteroatoms. The summed E-state index contributed by atoms with van der Waals surface area (Å²) >= 11 is 13.3. The summed E-state index contributed by atoms with van der Waals surface area (Å²) in [5.41, 5.74) is 1.70. The van der Waals surface area contributed by atoms with Crippen LogP contribution in [0.25, 0.3) is 0 Å². The Bertz CT molecular complexity index is 720. The van der Waals surface area contributed by atoms with Crippen LogP contribution < -0.4 is 0 Å². The lowest BCUT2D eigenvalue weighted by atomic mass is 10.2. The Labute approximate surface area is 162 Å². The first-order chi connectivity index (χ1) is 11.9. The molecule has 1 amide bonds. The summed E-state index contributed by atoms with van der Waals surface area (Å²) in [6.07, 6.45) is 1.57. The molecule has 0 aliphatic heterocycles. The van der Waals surface area contributed by atoms with Crippen molar-refractivity contribution in [3.05, 3.63) is 44.4 Å². The minimum Gasteiger partial charge on any atom is -0.333 e. The molecule has 1 aromatic heterocycles. The largest absolute Gasteiger partial charge is 0.333 e. The maximum absolute atomic E-state index is 13.0. The van der Waals surface area contributed by atoms with E-state index in [1.54, 1.807) is 6.07 Å². The van der Waals surface area contributed by atoms with Gasteiger partial charge in [0.05, 0.1) is 15.7 Å². The van der Waals surface area contributed by atoms with E-state index in [1.165, 1.54) is 0 Å². The van der Waals surface area contributed by atoms with Crippen molar-refractivity contribution in [2.75, 3.05) is 27.2 Å². The highest BCUT2D eigenvalue weighted by atomic mass is 35.5. The Balaban J connectivity index is 2.19. The number of hydrogen-bond donors (Lipinski definition) is 0. The predicted molar refractivity (Wildman–Crippen MR) is 104 cm³/mol. The van der Waals surface area contributed by atoms with Crippen LogP contribution in [0.5, 0.6) is 0 Å². The van der Waals surface area contributed by atoms with Gasteiger partial charge < -0.3 is 9.80 Å². The second-order valence-corrected chi connectivity index (χ2v) is 7.60. The van der Waals surface area contributed by atoms with Crippen LogP contribution >= 0.6 is 34.7 Å². The van der Waals surface area contributed by atoms with Crippen LogP contribution in [-0.4, -0.2) is 52.5 Å². The molecule has 1 aromatic carbocycles. The highest BCUT2D eigenvalue weighted by Crippen LogP contribution is 2.24. The normalized spacial score (nSPS) is 11.1. The van der Waals surface area contributed by atoms with Gasteiger partial charge in [0.15, 0.2) is 0 Å². The third-order valence-electron chi connectivity index (χ3n) is 3.76. The smallest absolute Gasteiger partial charge is 0.267 e. The lowest BCUT2D eigenvalue weighted by molar-refractivity contribution is 0.0741. The molecule has 0 fully saturated rings. The summed E-state index contributed by atoms with van der Waals surface area (Å²) < 4.78 is 3.94. The SMILES string of the molecule is CCc1nnsc1C(=O)N(CCCN(C)C)Cc1ccc(Cl)c(Cl)c1. The molecule has 0 aliphatic rings. The summed E-state index contributed by atoms with van der Waals surface area (Å²) in [6.45, 7) is 4.01. The van der Waals surface area contributed by atoms with Crippen LogP contribution in [0, 0.1) is 0 Å². The zero-order chi connectivity index (χ0) is 18.4. The van der Waals surface area contributed by atoms with E-state index in [1.807, 2.05) is 38.1 Å². The van der Waals surface area contributed by atoms with Crippen LogP contribution in [-0.2, 0) is 13.0 Å². The van der Waals surface area contributed by atoms with Gasteiger partial charge in [-0.1, -0.05) is 40.7 Å². The van der Waals surface area contributed by atoms with Crippen molar-refractivity contribution in [1.29, 1.82) is 0 Å². The maximum Gasteiger partial charge on any atom is 0.267 e. The number of benzene rings is 1. The molecule has 0 N–H and O–H groups in total. The fraction of sp³-hybridized carbons (Fsp3) is 0.471. The second kappa shape index (κ2) is 9.48. The van der Waals surface area contributed by atoms with Gasteiger partial charge in [-0.3, -0.25) is 4.79 Å². The summed E-state index contributed by atoms with van der Waals surface area (Å²) in [7, 11) is 4.04. The van der Waals surface area contributed by atoms with E-state index in [0.29, 0.717) is 34.4 Å². The number of aryl methyl sites for hydroxylation is 1. The van der Waals surface area contributed by atoms with Crippen LogP contribution in [0.3, 0.4) is 0 Å². The molecule has 0 saturated heterocycles. The van der Waals surface area contributed by atoms with Gasteiger partial charge in [0.25, 0.3) is 5.91 Å². The number of halogens is 2. The number of nitrogens with zero attached hydrogens (tertiary/aromatic N) is 4. The van der Waals surface area contributed by atoms with Crippen molar-refractivity contribution >= 4 is 40.6 Å². The molecule has 0 atom stereocenters. The summed E-state index contributed by atoms with van der Waals surface area (Å²) in [5, 5.41) is 5.06. The zero-order valence-corrected chi connectivity index (χ0v) is 17.0. The highest BCUT2D eigenvalue weighted by Gasteiger charge is 2.22. The fourth-order valence-electron chi connectivity index (χ4n) is 2.43. The van der Waals surface area contributed by atoms with Gasteiger partial charge in [-0.05, 0) is 62.7 Å². The molecular formula is C17H22Cl2N4OS. The van der Waals surface area contributed by atoms with E-state index in [2.05, 4.69) is 14.5 Å². The number of carbonyl (C=O) groups excluding carboxylic acids is 1. The third kappa shape index (κ3) is 5.64. The Hall–Kier alpha value is -1.21. The number of carbonyl (C=O) groups is 1. The first kappa shape index (κ1) is 20.1. The van der Waals surface area contributed by atoms with Gasteiger partial charge in [0.1, 0.15) is 4.88 Å². The highest BCUT2D eigenvalue weighted by molar-refractivity contribution is 7.08. The topological polar surface area (TPSA) is 49.3 Å². The molecule has 25 heavy (non-hydrogen) atoms. The van der Waals surface area contributed by atoms with E-state index >= 15 is 0 Å². The average Bonchev–Trinajstić information content (AvgIpc) is 3.05. The van der Waals surface area contributed by atoms with Crippen LogP contribution in [0.2, 0.25) is 10.0 Å². The monoisotopic (exact) mass is 400 g/mol. The summed E-state index contributed by atoms with van der Waals surface area (Å²) in [4.78, 5) is 17.6. The molecule has 0 bridgehead atoms. The van der Waals surface area contributed by atoms with Crippen LogP contribution in [0.1, 0.15) is 34.3 Å². The Morgan fingerprint density at radius 3 is 2.60 bits per heavy atom. The van der Waals surface area contributed by atoms with Gasteiger partial charge in [0, 0.05) is 13.1 Å². The molecule has 136 valence electrons. The first-order valence-corrected chi connectivity index (χ1v) is 9.64. The van der Waals surface area contributed by atoms with Crippen molar-refractivity contribution in [2.45, 2.75) is 26.3 Å². The van der Waals surface area contributed by atoms with E-state index in [4.69, 9.17) is 23.2 Å². The zero-order valence-electron chi connectivity index (χ0n) is 14.6. The van der Waals surface area contributed by atoms with Gasteiger partial charge in [0.2, 0.25) is 0 Å². The molecule has 0 radical (unpaired) electrons. The molecule has 5 nitrogen and oxygen atoms in total. The first-order valence-electron chi connectivity index (χ1n) is 8.11. The van der Waals surface area contributed by atoms with Crippen molar-refractivity contribution < 1.29 is 4.79 Å². The van der Waals surface area contributed by atoms with Crippen molar-refractivity contribution in [3.63, 3.8) is 0 Å². The molecule has 2 aromatic rings. The Morgan fingerprint density at radius 2 is 1.96 bits per heavy atom. The molecule has 1 heterocycles. The minimum atomic E-state index is -0.0309.